The lowest BCUT2D eigenvalue weighted by Gasteiger charge is -2.30. The predicted molar refractivity (Wildman–Crippen MR) is 82.6 cm³/mol. The summed E-state index contributed by atoms with van der Waals surface area (Å²) in [6.45, 7) is 7.33. The fourth-order valence-electron chi connectivity index (χ4n) is 2.61. The topological polar surface area (TPSA) is 27.3 Å². The van der Waals surface area contributed by atoms with Crippen LogP contribution in [0, 0.1) is 6.92 Å². The molecule has 1 saturated heterocycles. The van der Waals surface area contributed by atoms with E-state index in [1.807, 2.05) is 0 Å². The summed E-state index contributed by atoms with van der Waals surface area (Å²) in [7, 11) is 2.08. The molecule has 0 aliphatic carbocycles. The van der Waals surface area contributed by atoms with Gasteiger partial charge in [-0.1, -0.05) is 12.6 Å². The zero-order chi connectivity index (χ0) is 16.3. The van der Waals surface area contributed by atoms with Gasteiger partial charge in [-0.2, -0.15) is 13.2 Å². The maximum atomic E-state index is 12.9. The number of nitrogens with one attached hydrogen (secondary N) is 2. The number of hydrogen-bond acceptors (Lipinski definition) is 3. The number of nitrogens with zero attached hydrogens (tertiary/aromatic N) is 1. The molecule has 22 heavy (non-hydrogen) atoms. The van der Waals surface area contributed by atoms with Crippen LogP contribution in [-0.2, 0) is 6.18 Å². The molecule has 0 radical (unpaired) electrons. The highest BCUT2D eigenvalue weighted by molar-refractivity contribution is 5.52. The molecular formula is C16H22F3N3. The molecule has 6 heteroatoms. The van der Waals surface area contributed by atoms with E-state index in [9.17, 15) is 13.2 Å². The van der Waals surface area contributed by atoms with Crippen molar-refractivity contribution in [3.05, 3.63) is 41.7 Å². The van der Waals surface area contributed by atoms with E-state index in [-0.39, 0.29) is 5.56 Å². The highest BCUT2D eigenvalue weighted by atomic mass is 19.4. The van der Waals surface area contributed by atoms with Gasteiger partial charge in [0.15, 0.2) is 0 Å². The Morgan fingerprint density at radius 3 is 2.50 bits per heavy atom. The number of piperidine rings is 1. The molecule has 0 saturated carbocycles. The fraction of sp³-hybridized carbons (Fsp3) is 0.500. The number of likely N-dealkylation sites (tertiary alicyclic amines) is 1. The second kappa shape index (κ2) is 6.60. The van der Waals surface area contributed by atoms with E-state index in [1.165, 1.54) is 13.0 Å². The molecule has 0 atom stereocenters. The summed E-state index contributed by atoms with van der Waals surface area (Å²) in [5, 5.41) is 6.17. The van der Waals surface area contributed by atoms with Crippen molar-refractivity contribution in [3.63, 3.8) is 0 Å². The van der Waals surface area contributed by atoms with Gasteiger partial charge in [-0.25, -0.2) is 0 Å². The summed E-state index contributed by atoms with van der Waals surface area (Å²) in [4.78, 5) is 2.25. The summed E-state index contributed by atoms with van der Waals surface area (Å²) in [5.41, 5.74) is -0.0140. The van der Waals surface area contributed by atoms with Gasteiger partial charge in [0.1, 0.15) is 0 Å². The van der Waals surface area contributed by atoms with Crippen LogP contribution in [0.2, 0.25) is 0 Å². The van der Waals surface area contributed by atoms with E-state index >= 15 is 0 Å². The molecular weight excluding hydrogens is 291 g/mol. The van der Waals surface area contributed by atoms with Crippen LogP contribution in [0.3, 0.4) is 0 Å². The maximum Gasteiger partial charge on any atom is 0.416 e. The Balaban J connectivity index is 1.97. The van der Waals surface area contributed by atoms with Gasteiger partial charge in [0.05, 0.1) is 11.4 Å². The van der Waals surface area contributed by atoms with E-state index in [2.05, 4.69) is 29.2 Å². The Kier molecular flexibility index (Phi) is 5.01. The molecule has 1 heterocycles. The van der Waals surface area contributed by atoms with E-state index in [0.717, 1.165) is 32.0 Å². The smallest absolute Gasteiger partial charge is 0.369 e. The van der Waals surface area contributed by atoms with Crippen molar-refractivity contribution in [3.8, 4) is 0 Å². The third-order valence-corrected chi connectivity index (χ3v) is 3.94. The standard InChI is InChI=1S/C16H22F3N3/c1-11-4-5-14(10-15(11)16(17,18)19)21-12(2)20-13-6-8-22(3)9-7-13/h4-5,10,13,20-21H,2,6-9H2,1,3H3. The number of aryl methyl sites for hydroxylation is 1. The normalized spacial score (nSPS) is 17.3. The molecule has 1 aromatic carbocycles. The van der Waals surface area contributed by atoms with Crippen molar-refractivity contribution >= 4 is 5.69 Å². The van der Waals surface area contributed by atoms with Crippen LogP contribution < -0.4 is 10.6 Å². The van der Waals surface area contributed by atoms with Crippen LogP contribution in [0.4, 0.5) is 18.9 Å². The van der Waals surface area contributed by atoms with Crippen LogP contribution in [0.15, 0.2) is 30.6 Å². The number of anilines is 1. The average Bonchev–Trinajstić information content (AvgIpc) is 2.42. The van der Waals surface area contributed by atoms with Crippen LogP contribution in [0.1, 0.15) is 24.0 Å². The van der Waals surface area contributed by atoms with Crippen molar-refractivity contribution in [1.29, 1.82) is 0 Å². The summed E-state index contributed by atoms with van der Waals surface area (Å²) in [6, 6.07) is 4.53. The van der Waals surface area contributed by atoms with Crippen LogP contribution >= 0.6 is 0 Å². The molecule has 0 aromatic heterocycles. The third kappa shape index (κ3) is 4.40. The van der Waals surface area contributed by atoms with E-state index in [1.54, 1.807) is 6.07 Å². The van der Waals surface area contributed by atoms with Gasteiger partial charge >= 0.3 is 6.18 Å². The van der Waals surface area contributed by atoms with Crippen LogP contribution in [0.5, 0.6) is 0 Å². The lowest BCUT2D eigenvalue weighted by atomic mass is 10.1. The number of rotatable bonds is 4. The summed E-state index contributed by atoms with van der Waals surface area (Å²) in [6.07, 6.45) is -2.34. The third-order valence-electron chi connectivity index (χ3n) is 3.94. The van der Waals surface area contributed by atoms with E-state index in [0.29, 0.717) is 17.6 Å². The number of alkyl halides is 3. The van der Waals surface area contributed by atoms with Gasteiger partial charge < -0.3 is 15.5 Å². The van der Waals surface area contributed by atoms with E-state index < -0.39 is 11.7 Å². The molecule has 0 bridgehead atoms. The number of hydrogen-bond donors (Lipinski definition) is 2. The number of benzene rings is 1. The minimum atomic E-state index is -4.34. The van der Waals surface area contributed by atoms with Crippen LogP contribution in [0.25, 0.3) is 0 Å². The lowest BCUT2D eigenvalue weighted by Crippen LogP contribution is -2.41. The molecule has 122 valence electrons. The molecule has 0 unspecified atom stereocenters. The highest BCUT2D eigenvalue weighted by Gasteiger charge is 2.32. The van der Waals surface area contributed by atoms with Gasteiger partial charge in [-0.15, -0.1) is 0 Å². The van der Waals surface area contributed by atoms with E-state index in [4.69, 9.17) is 0 Å². The first kappa shape index (κ1) is 16.7. The summed E-state index contributed by atoms with van der Waals surface area (Å²) < 4.78 is 38.7. The predicted octanol–water partition coefficient (Wildman–Crippen LogP) is 3.58. The second-order valence-corrected chi connectivity index (χ2v) is 5.85. The molecule has 0 spiro atoms. The summed E-state index contributed by atoms with van der Waals surface area (Å²) >= 11 is 0. The molecule has 1 aliphatic heterocycles. The second-order valence-electron chi connectivity index (χ2n) is 5.85. The van der Waals surface area contributed by atoms with Crippen molar-refractivity contribution < 1.29 is 13.2 Å². The van der Waals surface area contributed by atoms with Gasteiger partial charge in [0.25, 0.3) is 0 Å². The van der Waals surface area contributed by atoms with Crippen molar-refractivity contribution in [2.45, 2.75) is 32.0 Å². The molecule has 0 amide bonds. The molecule has 2 rings (SSSR count). The zero-order valence-corrected chi connectivity index (χ0v) is 12.9. The minimum absolute atomic E-state index is 0.215. The SMILES string of the molecule is C=C(Nc1ccc(C)c(C(F)(F)F)c1)NC1CCN(C)CC1. The average molecular weight is 313 g/mol. The monoisotopic (exact) mass is 313 g/mol. The van der Waals surface area contributed by atoms with Gasteiger partial charge in [0.2, 0.25) is 0 Å². The first-order valence-electron chi connectivity index (χ1n) is 7.34. The van der Waals surface area contributed by atoms with Crippen molar-refractivity contribution in [2.24, 2.45) is 0 Å². The van der Waals surface area contributed by atoms with Gasteiger partial charge in [0, 0.05) is 11.7 Å². The largest absolute Gasteiger partial charge is 0.416 e. The maximum absolute atomic E-state index is 12.9. The molecule has 1 aromatic rings. The molecule has 2 N–H and O–H groups in total. The zero-order valence-electron chi connectivity index (χ0n) is 12.9. The Hall–Kier alpha value is -1.69. The Morgan fingerprint density at radius 1 is 1.27 bits per heavy atom. The number of halogens is 3. The van der Waals surface area contributed by atoms with Crippen molar-refractivity contribution in [2.75, 3.05) is 25.5 Å². The fourth-order valence-corrected chi connectivity index (χ4v) is 2.61. The van der Waals surface area contributed by atoms with Gasteiger partial charge in [-0.3, -0.25) is 0 Å². The van der Waals surface area contributed by atoms with Crippen molar-refractivity contribution in [1.82, 2.24) is 10.2 Å². The first-order valence-corrected chi connectivity index (χ1v) is 7.34. The highest BCUT2D eigenvalue weighted by Crippen LogP contribution is 2.33. The Morgan fingerprint density at radius 2 is 1.91 bits per heavy atom. The molecule has 1 fully saturated rings. The quantitative estimate of drug-likeness (QED) is 0.890. The Bertz CT molecular complexity index is 532. The molecule has 3 nitrogen and oxygen atoms in total. The van der Waals surface area contributed by atoms with Gasteiger partial charge in [-0.05, 0) is 57.6 Å². The Labute approximate surface area is 129 Å². The minimum Gasteiger partial charge on any atom is -0.369 e. The lowest BCUT2D eigenvalue weighted by molar-refractivity contribution is -0.138. The van der Waals surface area contributed by atoms with Crippen LogP contribution in [-0.4, -0.2) is 31.1 Å². The first-order chi connectivity index (χ1) is 10.3. The molecule has 1 aliphatic rings. The summed E-state index contributed by atoms with van der Waals surface area (Å²) in [5.74, 6) is 0.534.